The molecule has 3 aromatic heterocycles. The summed E-state index contributed by atoms with van der Waals surface area (Å²) in [4.78, 5) is 21.1. The largest absolute Gasteiger partial charge is 0.291 e. The molecule has 0 bridgehead atoms. The second-order valence-corrected chi connectivity index (χ2v) is 5.94. The van der Waals surface area contributed by atoms with E-state index >= 15 is 0 Å². The minimum atomic E-state index is -0.130. The zero-order chi connectivity index (χ0) is 14.3. The van der Waals surface area contributed by atoms with Gasteiger partial charge in [0.2, 0.25) is 0 Å². The Morgan fingerprint density at radius 1 is 1.40 bits per heavy atom. The van der Waals surface area contributed by atoms with Gasteiger partial charge in [-0.15, -0.1) is 11.3 Å². The molecule has 104 valence electrons. The van der Waals surface area contributed by atoms with Crippen molar-refractivity contribution in [2.45, 2.75) is 26.3 Å². The average Bonchev–Trinajstić information content (AvgIpc) is 2.99. The van der Waals surface area contributed by atoms with Crippen LogP contribution in [0.25, 0.3) is 11.0 Å². The molecule has 0 aliphatic heterocycles. The fourth-order valence-corrected chi connectivity index (χ4v) is 2.82. The molecule has 0 N–H and O–H groups in total. The van der Waals surface area contributed by atoms with Gasteiger partial charge in [-0.2, -0.15) is 5.10 Å². The van der Waals surface area contributed by atoms with Crippen LogP contribution in [0, 0.1) is 0 Å². The van der Waals surface area contributed by atoms with E-state index in [1.165, 1.54) is 0 Å². The topological polar surface area (TPSA) is 65.6 Å². The minimum absolute atomic E-state index is 0.130. The van der Waals surface area contributed by atoms with Gasteiger partial charge in [0.25, 0.3) is 5.56 Å². The van der Waals surface area contributed by atoms with Crippen molar-refractivity contribution in [2.24, 2.45) is 7.05 Å². The lowest BCUT2D eigenvalue weighted by Crippen LogP contribution is -2.21. The van der Waals surface area contributed by atoms with Crippen LogP contribution in [0.3, 0.4) is 0 Å². The van der Waals surface area contributed by atoms with Crippen LogP contribution >= 0.6 is 11.3 Å². The van der Waals surface area contributed by atoms with E-state index in [1.54, 1.807) is 40.2 Å². The monoisotopic (exact) mass is 289 g/mol. The van der Waals surface area contributed by atoms with Crippen molar-refractivity contribution >= 4 is 22.4 Å². The van der Waals surface area contributed by atoms with Gasteiger partial charge in [-0.3, -0.25) is 14.0 Å². The quantitative estimate of drug-likeness (QED) is 0.737. The molecule has 20 heavy (non-hydrogen) atoms. The molecular formula is C13H15N5OS. The summed E-state index contributed by atoms with van der Waals surface area (Å²) in [7, 11) is 1.78. The van der Waals surface area contributed by atoms with E-state index in [1.807, 2.05) is 5.38 Å². The first-order valence-electron chi connectivity index (χ1n) is 6.37. The molecule has 0 atom stereocenters. The van der Waals surface area contributed by atoms with Crippen LogP contribution in [-0.4, -0.2) is 24.3 Å². The SMILES string of the molecule is CC(C)c1nc(Cn2cnc3cn(C)nc3c2=O)cs1. The van der Waals surface area contributed by atoms with E-state index in [4.69, 9.17) is 0 Å². The van der Waals surface area contributed by atoms with Crippen molar-refractivity contribution in [3.63, 3.8) is 0 Å². The summed E-state index contributed by atoms with van der Waals surface area (Å²) in [5.41, 5.74) is 1.77. The number of nitrogens with zero attached hydrogens (tertiary/aromatic N) is 5. The van der Waals surface area contributed by atoms with Gasteiger partial charge in [0.05, 0.1) is 29.8 Å². The van der Waals surface area contributed by atoms with E-state index in [9.17, 15) is 4.79 Å². The van der Waals surface area contributed by atoms with Gasteiger partial charge in [-0.1, -0.05) is 13.8 Å². The van der Waals surface area contributed by atoms with Crippen molar-refractivity contribution in [3.05, 3.63) is 39.0 Å². The summed E-state index contributed by atoms with van der Waals surface area (Å²) in [6.45, 7) is 4.65. The van der Waals surface area contributed by atoms with Crippen LogP contribution in [0.1, 0.15) is 30.5 Å². The molecule has 3 rings (SSSR count). The summed E-state index contributed by atoms with van der Waals surface area (Å²) >= 11 is 1.62. The molecule has 0 saturated carbocycles. The van der Waals surface area contributed by atoms with Crippen molar-refractivity contribution in [1.29, 1.82) is 0 Å². The maximum absolute atomic E-state index is 12.3. The predicted octanol–water partition coefficient (Wildman–Crippen LogP) is 1.76. The highest BCUT2D eigenvalue weighted by Gasteiger charge is 2.10. The molecule has 6 nitrogen and oxygen atoms in total. The highest BCUT2D eigenvalue weighted by Crippen LogP contribution is 2.19. The van der Waals surface area contributed by atoms with E-state index in [-0.39, 0.29) is 5.56 Å². The van der Waals surface area contributed by atoms with E-state index < -0.39 is 0 Å². The van der Waals surface area contributed by atoms with Crippen LogP contribution in [0.4, 0.5) is 0 Å². The van der Waals surface area contributed by atoms with Gasteiger partial charge in [0.1, 0.15) is 5.52 Å². The molecule has 0 unspecified atom stereocenters. The van der Waals surface area contributed by atoms with Crippen molar-refractivity contribution < 1.29 is 0 Å². The lowest BCUT2D eigenvalue weighted by molar-refractivity contribution is 0.720. The van der Waals surface area contributed by atoms with E-state index in [0.717, 1.165) is 10.7 Å². The van der Waals surface area contributed by atoms with Crippen LogP contribution in [0.5, 0.6) is 0 Å². The third kappa shape index (κ3) is 2.24. The molecule has 0 radical (unpaired) electrons. The molecule has 0 aromatic carbocycles. The molecule has 3 heterocycles. The molecule has 0 aliphatic rings. The summed E-state index contributed by atoms with van der Waals surface area (Å²) in [5.74, 6) is 0.405. The minimum Gasteiger partial charge on any atom is -0.291 e. The molecule has 0 amide bonds. The predicted molar refractivity (Wildman–Crippen MR) is 78.1 cm³/mol. The Labute approximate surface area is 119 Å². The van der Waals surface area contributed by atoms with Gasteiger partial charge in [0, 0.05) is 18.3 Å². The van der Waals surface area contributed by atoms with Crippen LogP contribution < -0.4 is 5.56 Å². The Bertz CT molecular complexity index is 814. The number of aromatic nitrogens is 5. The first-order chi connectivity index (χ1) is 9.54. The Kier molecular flexibility index (Phi) is 3.13. The van der Waals surface area contributed by atoms with Gasteiger partial charge in [-0.25, -0.2) is 9.97 Å². The number of thiazole rings is 1. The first-order valence-corrected chi connectivity index (χ1v) is 7.25. The fourth-order valence-electron chi connectivity index (χ4n) is 1.99. The number of fused-ring (bicyclic) bond motifs is 1. The number of aryl methyl sites for hydroxylation is 1. The maximum atomic E-state index is 12.3. The van der Waals surface area contributed by atoms with Crippen LogP contribution in [0.15, 0.2) is 22.7 Å². The molecule has 0 spiro atoms. The molecular weight excluding hydrogens is 274 g/mol. The van der Waals surface area contributed by atoms with Crippen molar-refractivity contribution in [2.75, 3.05) is 0 Å². The summed E-state index contributed by atoms with van der Waals surface area (Å²) < 4.78 is 3.15. The van der Waals surface area contributed by atoms with E-state index in [0.29, 0.717) is 23.5 Å². The zero-order valence-electron chi connectivity index (χ0n) is 11.6. The Morgan fingerprint density at radius 3 is 2.90 bits per heavy atom. The normalized spacial score (nSPS) is 11.6. The smallest absolute Gasteiger partial charge is 0.282 e. The Balaban J connectivity index is 1.97. The van der Waals surface area contributed by atoms with Gasteiger partial charge in [0.15, 0.2) is 5.52 Å². The lowest BCUT2D eigenvalue weighted by Gasteiger charge is -2.02. The molecule has 0 saturated heterocycles. The van der Waals surface area contributed by atoms with Gasteiger partial charge in [-0.05, 0) is 0 Å². The zero-order valence-corrected chi connectivity index (χ0v) is 12.4. The Morgan fingerprint density at radius 2 is 2.20 bits per heavy atom. The standard InChI is InChI=1S/C13H15N5OS/c1-8(2)12-15-9(6-20-12)4-18-7-14-10-5-17(3)16-11(10)13(18)19/h5-8H,4H2,1-3H3. The highest BCUT2D eigenvalue weighted by atomic mass is 32.1. The summed E-state index contributed by atoms with van der Waals surface area (Å²) in [6, 6.07) is 0. The van der Waals surface area contributed by atoms with Crippen molar-refractivity contribution in [1.82, 2.24) is 24.3 Å². The first kappa shape index (κ1) is 13.0. The lowest BCUT2D eigenvalue weighted by atomic mass is 10.2. The fraction of sp³-hybridized carbons (Fsp3) is 0.385. The molecule has 0 fully saturated rings. The average molecular weight is 289 g/mol. The van der Waals surface area contributed by atoms with E-state index in [2.05, 4.69) is 28.9 Å². The highest BCUT2D eigenvalue weighted by molar-refractivity contribution is 7.09. The summed E-state index contributed by atoms with van der Waals surface area (Å²) in [5, 5.41) is 7.23. The van der Waals surface area contributed by atoms with Crippen LogP contribution in [-0.2, 0) is 13.6 Å². The Hall–Kier alpha value is -2.02. The molecule has 3 aromatic rings. The number of hydrogen-bond donors (Lipinski definition) is 0. The van der Waals surface area contributed by atoms with Crippen molar-refractivity contribution in [3.8, 4) is 0 Å². The summed E-state index contributed by atoms with van der Waals surface area (Å²) in [6.07, 6.45) is 3.29. The number of hydrogen-bond acceptors (Lipinski definition) is 5. The molecule has 0 aliphatic carbocycles. The van der Waals surface area contributed by atoms with Gasteiger partial charge >= 0.3 is 0 Å². The van der Waals surface area contributed by atoms with Crippen LogP contribution in [0.2, 0.25) is 0 Å². The third-order valence-corrected chi connectivity index (χ3v) is 4.20. The molecule has 7 heteroatoms. The second-order valence-electron chi connectivity index (χ2n) is 5.05. The third-order valence-electron chi connectivity index (χ3n) is 3.00. The number of rotatable bonds is 3. The second kappa shape index (κ2) is 4.82. The van der Waals surface area contributed by atoms with Gasteiger partial charge < -0.3 is 0 Å². The maximum Gasteiger partial charge on any atom is 0.282 e.